The quantitative estimate of drug-likeness (QED) is 0.929. The summed E-state index contributed by atoms with van der Waals surface area (Å²) in [6.45, 7) is 2.60. The summed E-state index contributed by atoms with van der Waals surface area (Å²) in [5.41, 5.74) is 1.71. The second kappa shape index (κ2) is 5.17. The summed E-state index contributed by atoms with van der Waals surface area (Å²) >= 11 is 0. The largest absolute Gasteiger partial charge is 0.480 e. The Hall–Kier alpha value is -1.84. The Morgan fingerprint density at radius 1 is 1.29 bits per heavy atom. The molecule has 2 aliphatic rings. The Bertz CT molecular complexity index is 577. The van der Waals surface area contributed by atoms with Crippen LogP contribution in [0, 0.1) is 6.92 Å². The van der Waals surface area contributed by atoms with Gasteiger partial charge in [-0.25, -0.2) is 4.79 Å². The fraction of sp³-hybridized carbons (Fsp3) is 0.529. The van der Waals surface area contributed by atoms with E-state index in [0.717, 1.165) is 36.8 Å². The van der Waals surface area contributed by atoms with E-state index < -0.39 is 17.4 Å². The average molecular weight is 287 g/mol. The Kier molecular flexibility index (Phi) is 3.47. The number of hydrogen-bond acceptors (Lipinski definition) is 2. The van der Waals surface area contributed by atoms with Crippen LogP contribution in [0.2, 0.25) is 0 Å². The van der Waals surface area contributed by atoms with Crippen molar-refractivity contribution in [3.63, 3.8) is 0 Å². The van der Waals surface area contributed by atoms with Crippen LogP contribution in [0.3, 0.4) is 0 Å². The zero-order valence-electron chi connectivity index (χ0n) is 12.3. The molecule has 1 aliphatic heterocycles. The molecule has 1 aromatic carbocycles. The molecule has 2 fully saturated rings. The predicted octanol–water partition coefficient (Wildman–Crippen LogP) is 2.49. The normalized spacial score (nSPS) is 23.7. The van der Waals surface area contributed by atoms with Crippen molar-refractivity contribution in [3.8, 4) is 0 Å². The van der Waals surface area contributed by atoms with Gasteiger partial charge in [0.25, 0.3) is 0 Å². The van der Waals surface area contributed by atoms with Crippen LogP contribution < -0.4 is 0 Å². The minimum absolute atomic E-state index is 0.0178. The fourth-order valence-electron chi connectivity index (χ4n) is 3.64. The minimum Gasteiger partial charge on any atom is -0.480 e. The van der Waals surface area contributed by atoms with Crippen LogP contribution >= 0.6 is 0 Å². The standard InChI is InChI=1S/C17H21NO3/c1-12-5-2-6-13(11-12)17(8-4-9-17)16(21)18-10-3-7-14(18)15(19)20/h2,5-6,11,14H,3-4,7-10H2,1H3,(H,19,20). The highest BCUT2D eigenvalue weighted by Gasteiger charge is 2.50. The molecule has 1 amide bonds. The Balaban J connectivity index is 1.92. The number of carbonyl (C=O) groups is 2. The minimum atomic E-state index is -0.875. The number of carbonyl (C=O) groups excluding carboxylic acids is 1. The van der Waals surface area contributed by atoms with E-state index in [1.807, 2.05) is 25.1 Å². The van der Waals surface area contributed by atoms with Gasteiger partial charge in [-0.15, -0.1) is 0 Å². The molecular weight excluding hydrogens is 266 g/mol. The monoisotopic (exact) mass is 287 g/mol. The third-order valence-electron chi connectivity index (χ3n) is 4.99. The van der Waals surface area contributed by atoms with Crippen LogP contribution in [0.5, 0.6) is 0 Å². The van der Waals surface area contributed by atoms with E-state index >= 15 is 0 Å². The van der Waals surface area contributed by atoms with Crippen molar-refractivity contribution in [1.82, 2.24) is 4.90 Å². The molecule has 1 unspecified atom stereocenters. The van der Waals surface area contributed by atoms with E-state index in [2.05, 4.69) is 6.07 Å². The van der Waals surface area contributed by atoms with Gasteiger partial charge < -0.3 is 10.0 Å². The number of nitrogens with zero attached hydrogens (tertiary/aromatic N) is 1. The van der Waals surface area contributed by atoms with Crippen LogP contribution in [-0.2, 0) is 15.0 Å². The molecule has 1 saturated carbocycles. The molecule has 1 saturated heterocycles. The molecule has 1 atom stereocenters. The SMILES string of the molecule is Cc1cccc(C2(C(=O)N3CCCC3C(=O)O)CCC2)c1. The van der Waals surface area contributed by atoms with Crippen molar-refractivity contribution in [1.29, 1.82) is 0 Å². The molecule has 1 aromatic rings. The van der Waals surface area contributed by atoms with Crippen molar-refractivity contribution in [2.24, 2.45) is 0 Å². The maximum Gasteiger partial charge on any atom is 0.326 e. The first kappa shape index (κ1) is 14.1. The summed E-state index contributed by atoms with van der Waals surface area (Å²) < 4.78 is 0. The lowest BCUT2D eigenvalue weighted by atomic mass is 9.63. The maximum absolute atomic E-state index is 13.0. The third-order valence-corrected chi connectivity index (χ3v) is 4.99. The smallest absolute Gasteiger partial charge is 0.326 e. The molecule has 0 spiro atoms. The molecule has 0 bridgehead atoms. The van der Waals surface area contributed by atoms with Gasteiger partial charge in [-0.05, 0) is 38.2 Å². The maximum atomic E-state index is 13.0. The summed E-state index contributed by atoms with van der Waals surface area (Å²) in [4.78, 5) is 26.0. The van der Waals surface area contributed by atoms with Crippen molar-refractivity contribution in [2.75, 3.05) is 6.54 Å². The number of hydrogen-bond donors (Lipinski definition) is 1. The topological polar surface area (TPSA) is 57.6 Å². The number of aliphatic carboxylic acids is 1. The number of benzene rings is 1. The van der Waals surface area contributed by atoms with Crippen LogP contribution in [0.15, 0.2) is 24.3 Å². The van der Waals surface area contributed by atoms with Crippen molar-refractivity contribution in [3.05, 3.63) is 35.4 Å². The summed E-state index contributed by atoms with van der Waals surface area (Å²) in [6, 6.07) is 7.45. The number of amides is 1. The average Bonchev–Trinajstić information content (AvgIpc) is 2.86. The van der Waals surface area contributed by atoms with E-state index in [9.17, 15) is 14.7 Å². The van der Waals surface area contributed by atoms with E-state index in [-0.39, 0.29) is 5.91 Å². The van der Waals surface area contributed by atoms with Gasteiger partial charge >= 0.3 is 5.97 Å². The van der Waals surface area contributed by atoms with Crippen molar-refractivity contribution >= 4 is 11.9 Å². The summed E-state index contributed by atoms with van der Waals surface area (Å²) in [6.07, 6.45) is 4.05. The van der Waals surface area contributed by atoms with Crippen molar-refractivity contribution in [2.45, 2.75) is 50.5 Å². The van der Waals surface area contributed by atoms with Gasteiger partial charge in [0.05, 0.1) is 5.41 Å². The predicted molar refractivity (Wildman–Crippen MR) is 79.1 cm³/mol. The Labute approximate surface area is 124 Å². The molecule has 3 rings (SSSR count). The van der Waals surface area contributed by atoms with Gasteiger partial charge in [0.15, 0.2) is 0 Å². The second-order valence-corrected chi connectivity index (χ2v) is 6.30. The molecule has 21 heavy (non-hydrogen) atoms. The summed E-state index contributed by atoms with van der Waals surface area (Å²) in [5.74, 6) is -0.858. The molecule has 1 N–H and O–H groups in total. The lowest BCUT2D eigenvalue weighted by molar-refractivity contribution is -0.152. The number of aryl methyl sites for hydroxylation is 1. The van der Waals surface area contributed by atoms with Gasteiger partial charge in [-0.1, -0.05) is 36.2 Å². The zero-order chi connectivity index (χ0) is 15.0. The second-order valence-electron chi connectivity index (χ2n) is 6.30. The number of likely N-dealkylation sites (tertiary alicyclic amines) is 1. The van der Waals surface area contributed by atoms with Crippen LogP contribution in [-0.4, -0.2) is 34.5 Å². The number of carboxylic acids is 1. The van der Waals surface area contributed by atoms with Gasteiger partial charge in [0.1, 0.15) is 6.04 Å². The summed E-state index contributed by atoms with van der Waals surface area (Å²) in [7, 11) is 0. The Morgan fingerprint density at radius 2 is 2.05 bits per heavy atom. The van der Waals surface area contributed by atoms with E-state index in [1.165, 1.54) is 0 Å². The van der Waals surface area contributed by atoms with Gasteiger partial charge in [-0.2, -0.15) is 0 Å². The first-order valence-electron chi connectivity index (χ1n) is 7.66. The van der Waals surface area contributed by atoms with Crippen LogP contribution in [0.1, 0.15) is 43.2 Å². The first-order valence-corrected chi connectivity index (χ1v) is 7.66. The molecule has 112 valence electrons. The lowest BCUT2D eigenvalue weighted by Crippen LogP contribution is -2.53. The molecular formula is C17H21NO3. The van der Waals surface area contributed by atoms with Crippen LogP contribution in [0.25, 0.3) is 0 Å². The highest BCUT2D eigenvalue weighted by molar-refractivity contribution is 5.92. The van der Waals surface area contributed by atoms with Crippen LogP contribution in [0.4, 0.5) is 0 Å². The molecule has 0 radical (unpaired) electrons. The third kappa shape index (κ3) is 2.23. The van der Waals surface area contributed by atoms with E-state index in [1.54, 1.807) is 4.90 Å². The van der Waals surface area contributed by atoms with E-state index in [4.69, 9.17) is 0 Å². The van der Waals surface area contributed by atoms with Crippen molar-refractivity contribution < 1.29 is 14.7 Å². The fourth-order valence-corrected chi connectivity index (χ4v) is 3.64. The summed E-state index contributed by atoms with van der Waals surface area (Å²) in [5, 5.41) is 9.31. The highest BCUT2D eigenvalue weighted by Crippen LogP contribution is 2.46. The number of carboxylic acid groups (broad SMARTS) is 1. The molecule has 4 nitrogen and oxygen atoms in total. The molecule has 0 aromatic heterocycles. The molecule has 1 aliphatic carbocycles. The molecule has 1 heterocycles. The van der Waals surface area contributed by atoms with Gasteiger partial charge in [0, 0.05) is 6.54 Å². The number of rotatable bonds is 3. The highest BCUT2D eigenvalue weighted by atomic mass is 16.4. The molecule has 4 heteroatoms. The van der Waals surface area contributed by atoms with Gasteiger partial charge in [-0.3, -0.25) is 4.79 Å². The van der Waals surface area contributed by atoms with Gasteiger partial charge in [0.2, 0.25) is 5.91 Å². The zero-order valence-corrected chi connectivity index (χ0v) is 12.3. The van der Waals surface area contributed by atoms with E-state index in [0.29, 0.717) is 13.0 Å². The first-order chi connectivity index (χ1) is 10.0. The Morgan fingerprint density at radius 3 is 2.62 bits per heavy atom. The lowest BCUT2D eigenvalue weighted by Gasteiger charge is -2.44.